The van der Waals surface area contributed by atoms with Crippen LogP contribution in [0.1, 0.15) is 29.4 Å². The Morgan fingerprint density at radius 3 is 2.57 bits per heavy atom. The maximum absolute atomic E-state index is 12.4. The molecule has 2 N–H and O–H groups in total. The largest absolute Gasteiger partial charge is 0.508 e. The van der Waals surface area contributed by atoms with Gasteiger partial charge in [-0.05, 0) is 30.2 Å². The maximum atomic E-state index is 12.4. The normalized spacial score (nSPS) is 11.2. The molecule has 0 bridgehead atoms. The quantitative estimate of drug-likeness (QED) is 0.491. The zero-order chi connectivity index (χ0) is 19.9. The van der Waals surface area contributed by atoms with Crippen LogP contribution in [0.5, 0.6) is 5.75 Å². The zero-order valence-electron chi connectivity index (χ0n) is 15.5. The lowest BCUT2D eigenvalue weighted by Crippen LogP contribution is -2.24. The van der Waals surface area contributed by atoms with Gasteiger partial charge < -0.3 is 9.67 Å². The van der Waals surface area contributed by atoms with Crippen LogP contribution in [0.25, 0.3) is 5.57 Å². The van der Waals surface area contributed by atoms with E-state index in [0.29, 0.717) is 30.6 Å². The Morgan fingerprint density at radius 2 is 1.89 bits per heavy atom. The monoisotopic (exact) mass is 375 g/mol. The van der Waals surface area contributed by atoms with Crippen LogP contribution in [0, 0.1) is 0 Å². The number of carbonyl (C=O) groups is 2. The number of nitrogens with zero attached hydrogens (tertiary/aromatic N) is 2. The van der Waals surface area contributed by atoms with Gasteiger partial charge in [0.05, 0.1) is 23.3 Å². The molecule has 1 aromatic heterocycles. The number of amides is 2. The smallest absolute Gasteiger partial charge is 0.259 e. The van der Waals surface area contributed by atoms with E-state index in [1.165, 1.54) is 0 Å². The zero-order valence-corrected chi connectivity index (χ0v) is 15.5. The second kappa shape index (κ2) is 8.81. The number of phenolic OH excluding ortho intramolecular Hbond substituents is 1. The van der Waals surface area contributed by atoms with E-state index < -0.39 is 5.91 Å². The van der Waals surface area contributed by atoms with Crippen LogP contribution in [0.15, 0.2) is 67.0 Å². The van der Waals surface area contributed by atoms with Gasteiger partial charge in [0.1, 0.15) is 5.75 Å². The SMILES string of the molecule is C/C=C(\C(=O)NC=O)c1c(Cc2ccccc2)ncn1Cc1cccc(O)c1. The summed E-state index contributed by atoms with van der Waals surface area (Å²) in [6.45, 7) is 2.18. The number of phenols is 1. The first-order chi connectivity index (χ1) is 13.6. The summed E-state index contributed by atoms with van der Waals surface area (Å²) in [5.74, 6) is -0.307. The van der Waals surface area contributed by atoms with Crippen molar-refractivity contribution in [1.29, 1.82) is 0 Å². The Labute approximate surface area is 163 Å². The first-order valence-corrected chi connectivity index (χ1v) is 8.89. The molecule has 0 aliphatic carbocycles. The van der Waals surface area contributed by atoms with Crippen molar-refractivity contribution >= 4 is 17.9 Å². The van der Waals surface area contributed by atoms with Crippen molar-refractivity contribution < 1.29 is 14.7 Å². The van der Waals surface area contributed by atoms with Crippen LogP contribution in [-0.4, -0.2) is 27.0 Å². The highest BCUT2D eigenvalue weighted by Gasteiger charge is 2.21. The van der Waals surface area contributed by atoms with Gasteiger partial charge in [0.15, 0.2) is 0 Å². The van der Waals surface area contributed by atoms with E-state index >= 15 is 0 Å². The predicted molar refractivity (Wildman–Crippen MR) is 107 cm³/mol. The van der Waals surface area contributed by atoms with Gasteiger partial charge in [-0.2, -0.15) is 0 Å². The molecule has 2 amide bonds. The molecule has 6 nitrogen and oxygen atoms in total. The van der Waals surface area contributed by atoms with Crippen molar-refractivity contribution in [2.75, 3.05) is 0 Å². The molecule has 3 rings (SSSR count). The number of hydrogen-bond donors (Lipinski definition) is 2. The molecule has 3 aromatic rings. The molecular formula is C22H21N3O3. The van der Waals surface area contributed by atoms with Gasteiger partial charge >= 0.3 is 0 Å². The standard InChI is InChI=1S/C22H21N3O3/c1-2-19(22(28)24-15-26)21-20(12-16-7-4-3-5-8-16)23-14-25(21)13-17-9-6-10-18(27)11-17/h2-11,14-15,27H,12-13H2,1H3,(H,24,26,28)/b19-2-. The maximum Gasteiger partial charge on any atom is 0.259 e. The molecule has 0 saturated heterocycles. The minimum Gasteiger partial charge on any atom is -0.508 e. The number of aromatic nitrogens is 2. The summed E-state index contributed by atoms with van der Waals surface area (Å²) < 4.78 is 1.85. The highest BCUT2D eigenvalue weighted by atomic mass is 16.3. The van der Waals surface area contributed by atoms with Crippen LogP contribution in [0.3, 0.4) is 0 Å². The predicted octanol–water partition coefficient (Wildman–Crippen LogP) is 2.90. The number of imide groups is 1. The molecule has 0 fully saturated rings. The summed E-state index contributed by atoms with van der Waals surface area (Å²) in [6.07, 6.45) is 4.27. The minimum atomic E-state index is -0.482. The average molecular weight is 375 g/mol. The van der Waals surface area contributed by atoms with Crippen LogP contribution >= 0.6 is 0 Å². The molecule has 0 aliphatic heterocycles. The first-order valence-electron chi connectivity index (χ1n) is 8.89. The Kier molecular flexibility index (Phi) is 6.01. The fraction of sp³-hybridized carbons (Fsp3) is 0.136. The van der Waals surface area contributed by atoms with Crippen LogP contribution in [-0.2, 0) is 22.6 Å². The minimum absolute atomic E-state index is 0.175. The molecule has 0 aliphatic rings. The summed E-state index contributed by atoms with van der Waals surface area (Å²) in [6, 6.07) is 16.8. The number of imidazole rings is 1. The molecule has 2 aromatic carbocycles. The third-order valence-electron chi connectivity index (χ3n) is 4.37. The fourth-order valence-corrected chi connectivity index (χ4v) is 3.13. The molecule has 0 saturated carbocycles. The van der Waals surface area contributed by atoms with E-state index in [4.69, 9.17) is 0 Å². The van der Waals surface area contributed by atoms with Crippen molar-refractivity contribution in [3.05, 3.63) is 89.5 Å². The number of carbonyl (C=O) groups excluding carboxylic acids is 2. The Balaban J connectivity index is 2.04. The summed E-state index contributed by atoms with van der Waals surface area (Å²) in [7, 11) is 0. The Bertz CT molecular complexity index is 1010. The van der Waals surface area contributed by atoms with Gasteiger partial charge in [0.25, 0.3) is 5.91 Å². The van der Waals surface area contributed by atoms with E-state index in [0.717, 1.165) is 16.8 Å². The third kappa shape index (κ3) is 4.35. The highest BCUT2D eigenvalue weighted by molar-refractivity contribution is 6.21. The molecule has 142 valence electrons. The van der Waals surface area contributed by atoms with E-state index in [-0.39, 0.29) is 5.75 Å². The fourth-order valence-electron chi connectivity index (χ4n) is 3.13. The van der Waals surface area contributed by atoms with Crippen LogP contribution in [0.4, 0.5) is 0 Å². The molecule has 0 atom stereocenters. The van der Waals surface area contributed by atoms with E-state index in [1.807, 2.05) is 41.0 Å². The van der Waals surface area contributed by atoms with E-state index in [1.54, 1.807) is 37.5 Å². The van der Waals surface area contributed by atoms with Gasteiger partial charge in [-0.1, -0.05) is 48.5 Å². The number of nitrogens with one attached hydrogen (secondary N) is 1. The Hall–Kier alpha value is -3.67. The molecular weight excluding hydrogens is 354 g/mol. The highest BCUT2D eigenvalue weighted by Crippen LogP contribution is 2.24. The second-order valence-corrected chi connectivity index (χ2v) is 6.29. The van der Waals surface area contributed by atoms with E-state index in [2.05, 4.69) is 10.3 Å². The summed E-state index contributed by atoms with van der Waals surface area (Å²) >= 11 is 0. The van der Waals surface area contributed by atoms with Gasteiger partial charge in [-0.25, -0.2) is 4.98 Å². The molecule has 0 radical (unpaired) electrons. The average Bonchev–Trinajstić information content (AvgIpc) is 3.06. The number of rotatable bonds is 7. The molecule has 28 heavy (non-hydrogen) atoms. The number of aromatic hydroxyl groups is 1. The number of benzene rings is 2. The van der Waals surface area contributed by atoms with Gasteiger partial charge in [-0.15, -0.1) is 0 Å². The van der Waals surface area contributed by atoms with Crippen molar-refractivity contribution in [2.45, 2.75) is 19.9 Å². The second-order valence-electron chi connectivity index (χ2n) is 6.29. The summed E-state index contributed by atoms with van der Waals surface area (Å²) in [5, 5.41) is 11.9. The summed E-state index contributed by atoms with van der Waals surface area (Å²) in [4.78, 5) is 27.8. The number of allylic oxidation sites excluding steroid dienone is 1. The molecule has 6 heteroatoms. The topological polar surface area (TPSA) is 84.2 Å². The van der Waals surface area contributed by atoms with Crippen molar-refractivity contribution in [2.24, 2.45) is 0 Å². The summed E-state index contributed by atoms with van der Waals surface area (Å²) in [5.41, 5.74) is 3.69. The Morgan fingerprint density at radius 1 is 1.14 bits per heavy atom. The lowest BCUT2D eigenvalue weighted by molar-refractivity contribution is -0.121. The van der Waals surface area contributed by atoms with Crippen molar-refractivity contribution in [3.8, 4) is 5.75 Å². The van der Waals surface area contributed by atoms with E-state index in [9.17, 15) is 14.7 Å². The van der Waals surface area contributed by atoms with Crippen molar-refractivity contribution in [1.82, 2.24) is 14.9 Å². The van der Waals surface area contributed by atoms with Crippen LogP contribution < -0.4 is 5.32 Å². The molecule has 0 unspecified atom stereocenters. The molecule has 0 spiro atoms. The molecule has 1 heterocycles. The lowest BCUT2D eigenvalue weighted by Gasteiger charge is -2.13. The van der Waals surface area contributed by atoms with Gasteiger partial charge in [-0.3, -0.25) is 14.9 Å². The van der Waals surface area contributed by atoms with Crippen molar-refractivity contribution in [3.63, 3.8) is 0 Å². The third-order valence-corrected chi connectivity index (χ3v) is 4.37. The van der Waals surface area contributed by atoms with Crippen LogP contribution in [0.2, 0.25) is 0 Å². The van der Waals surface area contributed by atoms with Gasteiger partial charge in [0, 0.05) is 13.0 Å². The first kappa shape index (κ1) is 19.1. The number of hydrogen-bond acceptors (Lipinski definition) is 4. The lowest BCUT2D eigenvalue weighted by atomic mass is 10.0. The van der Waals surface area contributed by atoms with Gasteiger partial charge in [0.2, 0.25) is 6.41 Å².